The summed E-state index contributed by atoms with van der Waals surface area (Å²) in [5.41, 5.74) is -1.04. The number of aryl methyl sites for hydroxylation is 1. The third kappa shape index (κ3) is 4.01. The van der Waals surface area contributed by atoms with E-state index in [0.29, 0.717) is 12.3 Å². The zero-order valence-electron chi connectivity index (χ0n) is 12.4. The maximum atomic E-state index is 12.3. The van der Waals surface area contributed by atoms with E-state index in [9.17, 15) is 4.79 Å². The van der Waals surface area contributed by atoms with Crippen LogP contribution in [-0.4, -0.2) is 31.7 Å². The molecule has 0 saturated heterocycles. The Morgan fingerprint density at radius 1 is 1.33 bits per heavy atom. The summed E-state index contributed by atoms with van der Waals surface area (Å²) in [6, 6.07) is 9.17. The number of benzene rings is 1. The van der Waals surface area contributed by atoms with Crippen molar-refractivity contribution in [3.05, 3.63) is 30.3 Å². The lowest BCUT2D eigenvalue weighted by Crippen LogP contribution is -2.42. The molecule has 0 saturated carbocycles. The van der Waals surface area contributed by atoms with Gasteiger partial charge >= 0.3 is 0 Å². The number of carbonyl (C=O) groups excluding carboxylic acids is 1. The molecule has 1 heterocycles. The zero-order valence-corrected chi connectivity index (χ0v) is 12.4. The Balaban J connectivity index is 2.00. The van der Waals surface area contributed by atoms with Crippen molar-refractivity contribution in [2.75, 3.05) is 5.32 Å². The van der Waals surface area contributed by atoms with E-state index in [-0.39, 0.29) is 11.9 Å². The Labute approximate surface area is 123 Å². The monoisotopic (exact) mass is 289 g/mol. The van der Waals surface area contributed by atoms with Crippen molar-refractivity contribution >= 4 is 11.9 Å². The molecule has 2 aromatic rings. The number of rotatable bonds is 6. The van der Waals surface area contributed by atoms with Crippen LogP contribution in [0.2, 0.25) is 0 Å². The predicted molar refractivity (Wildman–Crippen MR) is 77.9 cm³/mol. The minimum absolute atomic E-state index is 0.179. The number of carbonyl (C=O) groups is 1. The Hall–Kier alpha value is -2.44. The Morgan fingerprint density at radius 2 is 2.05 bits per heavy atom. The average Bonchev–Trinajstić information content (AvgIpc) is 2.87. The lowest BCUT2D eigenvalue weighted by atomic mass is 10.1. The number of hydrogen-bond donors (Lipinski definition) is 1. The number of para-hydroxylation sites is 1. The molecular formula is C14H19N5O2. The van der Waals surface area contributed by atoms with Crippen LogP contribution < -0.4 is 10.1 Å². The van der Waals surface area contributed by atoms with Crippen molar-refractivity contribution in [1.29, 1.82) is 0 Å². The largest absolute Gasteiger partial charge is 0.478 e. The van der Waals surface area contributed by atoms with Gasteiger partial charge in [0.15, 0.2) is 5.60 Å². The number of aromatic nitrogens is 4. The predicted octanol–water partition coefficient (Wildman–Crippen LogP) is 1.88. The summed E-state index contributed by atoms with van der Waals surface area (Å²) < 4.78 is 5.70. The molecule has 1 aromatic carbocycles. The number of amides is 1. The molecule has 1 N–H and O–H groups in total. The van der Waals surface area contributed by atoms with Gasteiger partial charge in [0.2, 0.25) is 0 Å². The van der Waals surface area contributed by atoms with Gasteiger partial charge in [-0.2, -0.15) is 4.80 Å². The van der Waals surface area contributed by atoms with Crippen molar-refractivity contribution in [1.82, 2.24) is 20.2 Å². The Bertz CT molecular complexity index is 594. The van der Waals surface area contributed by atoms with Gasteiger partial charge in [-0.3, -0.25) is 10.1 Å². The van der Waals surface area contributed by atoms with E-state index in [1.807, 2.05) is 25.1 Å². The van der Waals surface area contributed by atoms with Crippen LogP contribution in [0.5, 0.6) is 5.75 Å². The quantitative estimate of drug-likeness (QED) is 0.878. The fraction of sp³-hybridized carbons (Fsp3) is 0.429. The minimum atomic E-state index is -1.04. The second kappa shape index (κ2) is 6.34. The van der Waals surface area contributed by atoms with Crippen LogP contribution in [0.15, 0.2) is 30.3 Å². The fourth-order valence-corrected chi connectivity index (χ4v) is 1.67. The van der Waals surface area contributed by atoms with Crippen LogP contribution in [-0.2, 0) is 11.3 Å². The molecule has 0 bridgehead atoms. The molecule has 0 aliphatic rings. The summed E-state index contributed by atoms with van der Waals surface area (Å²) in [5, 5.41) is 14.3. The van der Waals surface area contributed by atoms with Crippen molar-refractivity contribution in [2.45, 2.75) is 39.3 Å². The highest BCUT2D eigenvalue weighted by Crippen LogP contribution is 2.18. The summed E-state index contributed by atoms with van der Waals surface area (Å²) in [6.45, 7) is 6.04. The SMILES string of the molecule is CCCn1nnc(NC(=O)C(C)(C)Oc2ccccc2)n1. The summed E-state index contributed by atoms with van der Waals surface area (Å²) in [4.78, 5) is 13.7. The molecule has 0 atom stereocenters. The summed E-state index contributed by atoms with van der Waals surface area (Å²) in [7, 11) is 0. The van der Waals surface area contributed by atoms with E-state index in [1.54, 1.807) is 26.0 Å². The molecule has 1 aromatic heterocycles. The zero-order chi connectivity index (χ0) is 15.3. The van der Waals surface area contributed by atoms with Crippen molar-refractivity contribution in [3.8, 4) is 5.75 Å². The molecule has 7 heteroatoms. The van der Waals surface area contributed by atoms with E-state index in [2.05, 4.69) is 20.7 Å². The Kier molecular flexibility index (Phi) is 4.52. The van der Waals surface area contributed by atoms with Crippen LogP contribution in [0.3, 0.4) is 0 Å². The molecule has 21 heavy (non-hydrogen) atoms. The first-order chi connectivity index (χ1) is 10.0. The van der Waals surface area contributed by atoms with Gasteiger partial charge in [-0.05, 0) is 37.6 Å². The molecule has 1 amide bonds. The van der Waals surface area contributed by atoms with Crippen LogP contribution in [0.4, 0.5) is 5.95 Å². The van der Waals surface area contributed by atoms with E-state index >= 15 is 0 Å². The second-order valence-electron chi connectivity index (χ2n) is 5.09. The van der Waals surface area contributed by atoms with Gasteiger partial charge in [-0.15, -0.1) is 5.10 Å². The van der Waals surface area contributed by atoms with Gasteiger partial charge in [0, 0.05) is 0 Å². The first-order valence-corrected chi connectivity index (χ1v) is 6.84. The number of nitrogens with one attached hydrogen (secondary N) is 1. The van der Waals surface area contributed by atoms with E-state index in [4.69, 9.17) is 4.74 Å². The topological polar surface area (TPSA) is 81.9 Å². The lowest BCUT2D eigenvalue weighted by molar-refractivity contribution is -0.128. The molecule has 0 aliphatic carbocycles. The van der Waals surface area contributed by atoms with Crippen molar-refractivity contribution < 1.29 is 9.53 Å². The highest BCUT2D eigenvalue weighted by atomic mass is 16.5. The molecule has 0 fully saturated rings. The van der Waals surface area contributed by atoms with Gasteiger partial charge in [0.1, 0.15) is 5.75 Å². The van der Waals surface area contributed by atoms with Gasteiger partial charge in [0.05, 0.1) is 6.54 Å². The summed E-state index contributed by atoms with van der Waals surface area (Å²) in [6.07, 6.45) is 0.895. The number of ether oxygens (including phenoxy) is 1. The van der Waals surface area contributed by atoms with Crippen LogP contribution in [0.1, 0.15) is 27.2 Å². The smallest absolute Gasteiger partial charge is 0.270 e. The van der Waals surface area contributed by atoms with Gasteiger partial charge in [0.25, 0.3) is 11.9 Å². The van der Waals surface area contributed by atoms with Gasteiger partial charge < -0.3 is 4.74 Å². The number of tetrazole rings is 1. The fourth-order valence-electron chi connectivity index (χ4n) is 1.67. The maximum absolute atomic E-state index is 12.3. The molecule has 0 unspecified atom stereocenters. The molecule has 112 valence electrons. The maximum Gasteiger partial charge on any atom is 0.270 e. The first kappa shape index (κ1) is 15.0. The number of anilines is 1. The second-order valence-corrected chi connectivity index (χ2v) is 5.09. The third-order valence-electron chi connectivity index (χ3n) is 2.76. The highest BCUT2D eigenvalue weighted by Gasteiger charge is 2.31. The normalized spacial score (nSPS) is 11.2. The minimum Gasteiger partial charge on any atom is -0.478 e. The highest BCUT2D eigenvalue weighted by molar-refractivity contribution is 5.95. The lowest BCUT2D eigenvalue weighted by Gasteiger charge is -2.24. The first-order valence-electron chi connectivity index (χ1n) is 6.84. The van der Waals surface area contributed by atoms with Crippen molar-refractivity contribution in [2.24, 2.45) is 0 Å². The standard InChI is InChI=1S/C14H19N5O2/c1-4-10-19-17-13(16-18-19)15-12(20)14(2,3)21-11-8-6-5-7-9-11/h5-9H,4,10H2,1-3H3,(H,15,17,20). The number of nitrogens with zero attached hydrogens (tertiary/aromatic N) is 4. The van der Waals surface area contributed by atoms with Crippen LogP contribution >= 0.6 is 0 Å². The third-order valence-corrected chi connectivity index (χ3v) is 2.76. The van der Waals surface area contributed by atoms with E-state index in [1.165, 1.54) is 4.80 Å². The molecular weight excluding hydrogens is 270 g/mol. The molecule has 0 spiro atoms. The van der Waals surface area contributed by atoms with E-state index in [0.717, 1.165) is 6.42 Å². The van der Waals surface area contributed by atoms with Gasteiger partial charge in [-0.25, -0.2) is 0 Å². The summed E-state index contributed by atoms with van der Waals surface area (Å²) >= 11 is 0. The molecule has 7 nitrogen and oxygen atoms in total. The Morgan fingerprint density at radius 3 is 2.71 bits per heavy atom. The van der Waals surface area contributed by atoms with Gasteiger partial charge in [-0.1, -0.05) is 30.2 Å². The molecule has 0 radical (unpaired) electrons. The van der Waals surface area contributed by atoms with Crippen LogP contribution in [0, 0.1) is 0 Å². The van der Waals surface area contributed by atoms with E-state index < -0.39 is 5.60 Å². The molecule has 2 rings (SSSR count). The number of hydrogen-bond acceptors (Lipinski definition) is 5. The van der Waals surface area contributed by atoms with Crippen LogP contribution in [0.25, 0.3) is 0 Å². The van der Waals surface area contributed by atoms with Crippen molar-refractivity contribution in [3.63, 3.8) is 0 Å². The molecule has 0 aliphatic heterocycles. The average molecular weight is 289 g/mol. The summed E-state index contributed by atoms with van der Waals surface area (Å²) in [5.74, 6) is 0.473.